The lowest BCUT2D eigenvalue weighted by Gasteiger charge is -2.37. The number of halogens is 1. The number of rotatable bonds is 7. The molecule has 0 bridgehead atoms. The first-order valence-electron chi connectivity index (χ1n) is 9.93. The maximum absolute atomic E-state index is 13.8. The third-order valence-corrected chi connectivity index (χ3v) is 5.74. The topological polar surface area (TPSA) is 15.7 Å². The van der Waals surface area contributed by atoms with Gasteiger partial charge in [0.05, 0.1) is 6.10 Å². The Morgan fingerprint density at radius 3 is 2.56 bits per heavy atom. The molecule has 2 aliphatic heterocycles. The molecule has 2 aliphatic rings. The van der Waals surface area contributed by atoms with Crippen molar-refractivity contribution in [2.24, 2.45) is 5.92 Å². The lowest BCUT2D eigenvalue weighted by atomic mass is 9.95. The van der Waals surface area contributed by atoms with Crippen molar-refractivity contribution in [3.8, 4) is 0 Å². The molecule has 0 N–H and O–H groups in total. The molecule has 0 radical (unpaired) electrons. The van der Waals surface area contributed by atoms with Crippen molar-refractivity contribution in [3.05, 3.63) is 35.6 Å². The largest absolute Gasteiger partial charge is 0.377 e. The van der Waals surface area contributed by atoms with E-state index in [9.17, 15) is 4.39 Å². The van der Waals surface area contributed by atoms with Crippen LogP contribution in [0.5, 0.6) is 0 Å². The molecule has 0 spiro atoms. The smallest absolute Gasteiger partial charge is 0.127 e. The van der Waals surface area contributed by atoms with Gasteiger partial charge in [0.2, 0.25) is 0 Å². The molecular weight excluding hydrogens is 315 g/mol. The first-order valence-corrected chi connectivity index (χ1v) is 9.93. The van der Waals surface area contributed by atoms with Crippen LogP contribution in [0.1, 0.15) is 45.1 Å². The van der Waals surface area contributed by atoms with Gasteiger partial charge in [0.1, 0.15) is 5.82 Å². The van der Waals surface area contributed by atoms with Crippen LogP contribution in [0.4, 0.5) is 4.39 Å². The van der Waals surface area contributed by atoms with E-state index in [0.717, 1.165) is 44.3 Å². The van der Waals surface area contributed by atoms with Crippen molar-refractivity contribution in [2.75, 3.05) is 32.8 Å². The van der Waals surface area contributed by atoms with E-state index in [1.54, 1.807) is 12.1 Å². The highest BCUT2D eigenvalue weighted by Crippen LogP contribution is 2.23. The van der Waals surface area contributed by atoms with Crippen LogP contribution in [0.25, 0.3) is 0 Å². The van der Waals surface area contributed by atoms with E-state index in [1.165, 1.54) is 32.2 Å². The molecule has 1 atom stereocenters. The second-order valence-electron chi connectivity index (χ2n) is 7.99. The Morgan fingerprint density at radius 2 is 1.92 bits per heavy atom. The van der Waals surface area contributed by atoms with E-state index in [0.29, 0.717) is 12.1 Å². The zero-order valence-electron chi connectivity index (χ0n) is 15.8. The van der Waals surface area contributed by atoms with Crippen molar-refractivity contribution in [3.63, 3.8) is 0 Å². The minimum Gasteiger partial charge on any atom is -0.377 e. The summed E-state index contributed by atoms with van der Waals surface area (Å²) in [6.07, 6.45) is 5.28. The van der Waals surface area contributed by atoms with E-state index in [2.05, 4.69) is 23.6 Å². The van der Waals surface area contributed by atoms with Crippen LogP contribution in [0.2, 0.25) is 0 Å². The van der Waals surface area contributed by atoms with Gasteiger partial charge >= 0.3 is 0 Å². The predicted molar refractivity (Wildman–Crippen MR) is 100 cm³/mol. The van der Waals surface area contributed by atoms with Gasteiger partial charge in [-0.25, -0.2) is 4.39 Å². The van der Waals surface area contributed by atoms with Gasteiger partial charge in [0, 0.05) is 37.8 Å². The average molecular weight is 349 g/mol. The molecule has 1 aromatic carbocycles. The van der Waals surface area contributed by atoms with Gasteiger partial charge in [-0.2, -0.15) is 0 Å². The van der Waals surface area contributed by atoms with Crippen LogP contribution >= 0.6 is 0 Å². The lowest BCUT2D eigenvalue weighted by Crippen LogP contribution is -2.43. The summed E-state index contributed by atoms with van der Waals surface area (Å²) in [5.41, 5.74) is 0.822. The number of ether oxygens (including phenoxy) is 1. The molecule has 3 rings (SSSR count). The second-order valence-corrected chi connectivity index (χ2v) is 7.99. The summed E-state index contributed by atoms with van der Waals surface area (Å²) < 4.78 is 19.7. The molecule has 1 aromatic rings. The van der Waals surface area contributed by atoms with Crippen molar-refractivity contribution < 1.29 is 9.13 Å². The number of hydrogen-bond donors (Lipinski definition) is 0. The molecule has 2 heterocycles. The van der Waals surface area contributed by atoms with Gasteiger partial charge < -0.3 is 4.74 Å². The Balaban J connectivity index is 1.45. The van der Waals surface area contributed by atoms with Gasteiger partial charge in [-0.3, -0.25) is 9.80 Å². The summed E-state index contributed by atoms with van der Waals surface area (Å²) in [5.74, 6) is 0.674. The molecule has 3 nitrogen and oxygen atoms in total. The minimum atomic E-state index is -0.0767. The number of hydrogen-bond acceptors (Lipinski definition) is 3. The highest BCUT2D eigenvalue weighted by molar-refractivity contribution is 5.17. The van der Waals surface area contributed by atoms with Gasteiger partial charge in [-0.05, 0) is 64.6 Å². The summed E-state index contributed by atoms with van der Waals surface area (Å²) in [4.78, 5) is 5.00. The summed E-state index contributed by atoms with van der Waals surface area (Å²) in [5, 5.41) is 0. The number of benzene rings is 1. The molecule has 140 valence electrons. The SMILES string of the molecule is CC(C)N(CC1CCN(Cc2ccccc2F)CC1)C[C@@H]1CCCO1. The fraction of sp³-hybridized carbons (Fsp3) is 0.714. The van der Waals surface area contributed by atoms with Crippen LogP contribution < -0.4 is 0 Å². The van der Waals surface area contributed by atoms with E-state index in [-0.39, 0.29) is 5.82 Å². The molecule has 2 saturated heterocycles. The van der Waals surface area contributed by atoms with Crippen molar-refractivity contribution in [2.45, 2.75) is 58.2 Å². The monoisotopic (exact) mass is 348 g/mol. The maximum Gasteiger partial charge on any atom is 0.127 e. The van der Waals surface area contributed by atoms with Gasteiger partial charge in [0.15, 0.2) is 0 Å². The molecule has 2 fully saturated rings. The van der Waals surface area contributed by atoms with Crippen LogP contribution in [0.3, 0.4) is 0 Å². The normalized spacial score (nSPS) is 23.0. The maximum atomic E-state index is 13.8. The van der Waals surface area contributed by atoms with Crippen molar-refractivity contribution in [1.29, 1.82) is 0 Å². The zero-order chi connectivity index (χ0) is 17.6. The Bertz CT molecular complexity index is 522. The molecule has 0 saturated carbocycles. The lowest BCUT2D eigenvalue weighted by molar-refractivity contribution is 0.0477. The van der Waals surface area contributed by atoms with Gasteiger partial charge in [0.25, 0.3) is 0 Å². The zero-order valence-corrected chi connectivity index (χ0v) is 15.8. The van der Waals surface area contributed by atoms with Crippen LogP contribution in [0.15, 0.2) is 24.3 Å². The Labute approximate surface area is 152 Å². The highest BCUT2D eigenvalue weighted by Gasteiger charge is 2.26. The predicted octanol–water partition coefficient (Wildman–Crippen LogP) is 3.93. The van der Waals surface area contributed by atoms with E-state index in [4.69, 9.17) is 4.74 Å². The van der Waals surface area contributed by atoms with Crippen LogP contribution in [-0.4, -0.2) is 54.7 Å². The summed E-state index contributed by atoms with van der Waals surface area (Å²) >= 11 is 0. The van der Waals surface area contributed by atoms with Gasteiger partial charge in [-0.1, -0.05) is 18.2 Å². The van der Waals surface area contributed by atoms with E-state index < -0.39 is 0 Å². The highest BCUT2D eigenvalue weighted by atomic mass is 19.1. The first kappa shape index (κ1) is 18.8. The third-order valence-electron chi connectivity index (χ3n) is 5.74. The van der Waals surface area contributed by atoms with E-state index >= 15 is 0 Å². The summed E-state index contributed by atoms with van der Waals surface area (Å²) in [6.45, 7) is 10.7. The fourth-order valence-electron chi connectivity index (χ4n) is 4.07. The van der Waals surface area contributed by atoms with Crippen LogP contribution in [0, 0.1) is 11.7 Å². The summed E-state index contributed by atoms with van der Waals surface area (Å²) in [6, 6.07) is 7.73. The molecular formula is C21H33FN2O. The number of likely N-dealkylation sites (tertiary alicyclic amines) is 1. The van der Waals surface area contributed by atoms with E-state index in [1.807, 2.05) is 12.1 Å². The average Bonchev–Trinajstić information content (AvgIpc) is 3.11. The Hall–Kier alpha value is -0.970. The van der Waals surface area contributed by atoms with Crippen molar-refractivity contribution >= 4 is 0 Å². The van der Waals surface area contributed by atoms with Gasteiger partial charge in [-0.15, -0.1) is 0 Å². The fourth-order valence-corrected chi connectivity index (χ4v) is 4.07. The van der Waals surface area contributed by atoms with Crippen LogP contribution in [-0.2, 0) is 11.3 Å². The Morgan fingerprint density at radius 1 is 1.16 bits per heavy atom. The number of piperidine rings is 1. The summed E-state index contributed by atoms with van der Waals surface area (Å²) in [7, 11) is 0. The molecule has 25 heavy (non-hydrogen) atoms. The molecule has 0 unspecified atom stereocenters. The minimum absolute atomic E-state index is 0.0767. The third kappa shape index (κ3) is 5.50. The molecule has 4 heteroatoms. The van der Waals surface area contributed by atoms with Crippen molar-refractivity contribution in [1.82, 2.24) is 9.80 Å². The standard InChI is InChI=1S/C21H33FN2O/c1-17(2)24(16-20-7-5-13-25-20)14-18-9-11-23(12-10-18)15-19-6-3-4-8-21(19)22/h3-4,6,8,17-18,20H,5,7,9-16H2,1-2H3/t20-/m0/s1. The quantitative estimate of drug-likeness (QED) is 0.743. The molecule has 0 aliphatic carbocycles. The molecule has 0 aromatic heterocycles. The Kier molecular flexibility index (Phi) is 6.85. The second kappa shape index (κ2) is 9.11. The molecule has 0 amide bonds. The first-order chi connectivity index (χ1) is 12.1. The number of nitrogens with zero attached hydrogens (tertiary/aromatic N) is 2.